The van der Waals surface area contributed by atoms with Gasteiger partial charge in [0.25, 0.3) is 5.56 Å². The van der Waals surface area contributed by atoms with Crippen molar-refractivity contribution in [2.75, 3.05) is 26.2 Å². The first kappa shape index (κ1) is 25.5. The van der Waals surface area contributed by atoms with Gasteiger partial charge in [0.15, 0.2) is 11.7 Å². The van der Waals surface area contributed by atoms with E-state index < -0.39 is 0 Å². The molecule has 7 nitrogen and oxygen atoms in total. The summed E-state index contributed by atoms with van der Waals surface area (Å²) in [5, 5.41) is 0. The molecular formula is C31H32N4O3. The Kier molecular flexibility index (Phi) is 7.71. The highest BCUT2D eigenvalue weighted by Gasteiger charge is 2.14. The lowest BCUT2D eigenvalue weighted by atomic mass is 10.1. The number of hydrogen-bond acceptors (Lipinski definition) is 5. The molecule has 4 aromatic rings. The topological polar surface area (TPSA) is 64.9 Å². The molecule has 0 amide bonds. The summed E-state index contributed by atoms with van der Waals surface area (Å²) in [6.45, 7) is 15.4. The average molecular weight is 509 g/mol. The van der Waals surface area contributed by atoms with Crippen LogP contribution in [0.25, 0.3) is 21.9 Å². The van der Waals surface area contributed by atoms with E-state index in [0.29, 0.717) is 41.6 Å². The van der Waals surface area contributed by atoms with Gasteiger partial charge in [-0.3, -0.25) is 14.3 Å². The zero-order valence-electron chi connectivity index (χ0n) is 21.9. The molecule has 1 fully saturated rings. The van der Waals surface area contributed by atoms with Crippen LogP contribution in [0.1, 0.15) is 41.8 Å². The van der Waals surface area contributed by atoms with Crippen LogP contribution in [0, 0.1) is 20.4 Å². The Morgan fingerprint density at radius 3 is 2.71 bits per heavy atom. The Bertz CT molecular complexity index is 1520. The van der Waals surface area contributed by atoms with Crippen LogP contribution in [-0.4, -0.2) is 40.7 Å². The molecule has 0 spiro atoms. The summed E-state index contributed by atoms with van der Waals surface area (Å²) >= 11 is 0. The van der Waals surface area contributed by atoms with Gasteiger partial charge in [0.05, 0.1) is 18.5 Å². The summed E-state index contributed by atoms with van der Waals surface area (Å²) in [6.07, 6.45) is 7.81. The van der Waals surface area contributed by atoms with Crippen molar-refractivity contribution in [2.24, 2.45) is 0 Å². The Hall–Kier alpha value is -4.15. The molecule has 0 saturated carbocycles. The molecule has 1 saturated heterocycles. The van der Waals surface area contributed by atoms with Crippen molar-refractivity contribution < 1.29 is 9.15 Å². The Balaban J connectivity index is 1.32. The number of hydrogen-bond donors (Lipinski definition) is 0. The number of aromatic nitrogens is 2. The van der Waals surface area contributed by atoms with E-state index in [-0.39, 0.29) is 5.56 Å². The van der Waals surface area contributed by atoms with Crippen molar-refractivity contribution in [3.05, 3.63) is 105 Å². The van der Waals surface area contributed by atoms with Gasteiger partial charge < -0.3 is 9.15 Å². The summed E-state index contributed by atoms with van der Waals surface area (Å²) in [5.41, 5.74) is 4.39. The van der Waals surface area contributed by atoms with E-state index >= 15 is 0 Å². The second-order valence-electron chi connectivity index (χ2n) is 9.82. The Labute approximate surface area is 223 Å². The van der Waals surface area contributed by atoms with Crippen LogP contribution in [0.15, 0.2) is 70.1 Å². The second kappa shape index (κ2) is 11.5. The average Bonchev–Trinajstić information content (AvgIpc) is 3.41. The predicted molar refractivity (Wildman–Crippen MR) is 148 cm³/mol. The van der Waals surface area contributed by atoms with Gasteiger partial charge in [-0.05, 0) is 75.2 Å². The standard InChI is InChI=1S/C31H32N4O3/c1-22-9-11-26(37-17-16-34-13-5-4-6-14-34)18-25(22)20-30-33-21-29(38-30)24-10-12-27(32-3)28(19-24)35-15-7-8-23(2)31(35)36/h7-12,15,18-19,21H,4-6,13-14,16-17,20H2,1-2H3. The molecule has 1 aliphatic rings. The van der Waals surface area contributed by atoms with Crippen LogP contribution in [0.2, 0.25) is 0 Å². The zero-order chi connectivity index (χ0) is 26.5. The summed E-state index contributed by atoms with van der Waals surface area (Å²) < 4.78 is 13.7. The van der Waals surface area contributed by atoms with Crippen molar-refractivity contribution in [3.63, 3.8) is 0 Å². The number of likely N-dealkylation sites (tertiary alicyclic amines) is 1. The lowest BCUT2D eigenvalue weighted by Crippen LogP contribution is -2.33. The van der Waals surface area contributed by atoms with Crippen LogP contribution in [-0.2, 0) is 6.42 Å². The third kappa shape index (κ3) is 5.71. The van der Waals surface area contributed by atoms with Gasteiger partial charge in [-0.25, -0.2) is 9.83 Å². The maximum absolute atomic E-state index is 12.7. The molecule has 2 aromatic carbocycles. The quantitative estimate of drug-likeness (QED) is 0.269. The molecule has 1 aliphatic heterocycles. The van der Waals surface area contributed by atoms with Crippen LogP contribution in [0.4, 0.5) is 5.69 Å². The van der Waals surface area contributed by atoms with Crippen molar-refractivity contribution in [2.45, 2.75) is 39.5 Å². The van der Waals surface area contributed by atoms with Gasteiger partial charge in [-0.2, -0.15) is 0 Å². The third-order valence-corrected chi connectivity index (χ3v) is 7.12. The highest BCUT2D eigenvalue weighted by atomic mass is 16.5. The van der Waals surface area contributed by atoms with Gasteiger partial charge in [0.2, 0.25) is 5.69 Å². The molecule has 0 unspecified atom stereocenters. The fourth-order valence-electron chi connectivity index (χ4n) is 4.85. The Morgan fingerprint density at radius 1 is 1.05 bits per heavy atom. The number of pyridine rings is 1. The first-order chi connectivity index (χ1) is 18.5. The number of oxazole rings is 1. The fourth-order valence-corrected chi connectivity index (χ4v) is 4.85. The van der Waals surface area contributed by atoms with Crippen molar-refractivity contribution in [3.8, 4) is 22.8 Å². The lowest BCUT2D eigenvalue weighted by molar-refractivity contribution is 0.183. The van der Waals surface area contributed by atoms with E-state index in [1.807, 2.05) is 12.1 Å². The first-order valence-electron chi connectivity index (χ1n) is 13.1. The summed E-state index contributed by atoms with van der Waals surface area (Å²) in [7, 11) is 0. The van der Waals surface area contributed by atoms with Crippen LogP contribution >= 0.6 is 0 Å². The van der Waals surface area contributed by atoms with E-state index in [0.717, 1.165) is 29.0 Å². The minimum Gasteiger partial charge on any atom is -0.492 e. The predicted octanol–water partition coefficient (Wildman–Crippen LogP) is 6.12. The zero-order valence-corrected chi connectivity index (χ0v) is 21.9. The summed E-state index contributed by atoms with van der Waals surface area (Å²) in [5.74, 6) is 2.04. The molecule has 3 heterocycles. The van der Waals surface area contributed by atoms with Gasteiger partial charge >= 0.3 is 0 Å². The molecule has 5 rings (SSSR count). The summed E-state index contributed by atoms with van der Waals surface area (Å²) in [4.78, 5) is 23.3. The van der Waals surface area contributed by atoms with E-state index in [2.05, 4.69) is 33.8 Å². The Morgan fingerprint density at radius 2 is 1.89 bits per heavy atom. The third-order valence-electron chi connectivity index (χ3n) is 7.12. The monoisotopic (exact) mass is 508 g/mol. The van der Waals surface area contributed by atoms with Crippen LogP contribution < -0.4 is 10.3 Å². The van der Waals surface area contributed by atoms with E-state index in [9.17, 15) is 4.79 Å². The van der Waals surface area contributed by atoms with Gasteiger partial charge in [-0.15, -0.1) is 0 Å². The fraction of sp³-hybridized carbons (Fsp3) is 0.323. The smallest absolute Gasteiger partial charge is 0.256 e. The first-order valence-corrected chi connectivity index (χ1v) is 13.1. The minimum absolute atomic E-state index is 0.152. The lowest BCUT2D eigenvalue weighted by Gasteiger charge is -2.26. The molecule has 38 heavy (non-hydrogen) atoms. The molecule has 0 radical (unpaired) electrons. The van der Waals surface area contributed by atoms with Gasteiger partial charge in [0.1, 0.15) is 12.4 Å². The van der Waals surface area contributed by atoms with E-state index in [1.165, 1.54) is 36.9 Å². The van der Waals surface area contributed by atoms with Crippen molar-refractivity contribution in [1.82, 2.24) is 14.5 Å². The second-order valence-corrected chi connectivity index (χ2v) is 9.82. The van der Waals surface area contributed by atoms with Crippen molar-refractivity contribution >= 4 is 5.69 Å². The molecule has 7 heteroatoms. The van der Waals surface area contributed by atoms with Gasteiger partial charge in [0, 0.05) is 30.3 Å². The highest BCUT2D eigenvalue weighted by Crippen LogP contribution is 2.30. The molecular weight excluding hydrogens is 476 g/mol. The molecule has 0 bridgehead atoms. The highest BCUT2D eigenvalue weighted by molar-refractivity contribution is 5.71. The summed E-state index contributed by atoms with van der Waals surface area (Å²) in [6, 6.07) is 15.1. The van der Waals surface area contributed by atoms with E-state index in [1.54, 1.807) is 43.6 Å². The number of ether oxygens (including phenoxy) is 1. The molecule has 194 valence electrons. The number of benzene rings is 2. The van der Waals surface area contributed by atoms with Crippen LogP contribution in [0.5, 0.6) is 5.75 Å². The number of piperidine rings is 1. The molecule has 2 aromatic heterocycles. The molecule has 0 atom stereocenters. The van der Waals surface area contributed by atoms with E-state index in [4.69, 9.17) is 15.7 Å². The normalized spacial score (nSPS) is 13.8. The van der Waals surface area contributed by atoms with Crippen LogP contribution in [0.3, 0.4) is 0 Å². The molecule has 0 N–H and O–H groups in total. The molecule has 0 aliphatic carbocycles. The minimum atomic E-state index is -0.152. The maximum atomic E-state index is 12.7. The SMILES string of the molecule is [C-]#[N+]c1ccc(-c2cnc(Cc3cc(OCCN4CCCCC4)ccc3C)o2)cc1-n1cccc(C)c1=O. The largest absolute Gasteiger partial charge is 0.492 e. The van der Waals surface area contributed by atoms with Crippen molar-refractivity contribution in [1.29, 1.82) is 0 Å². The number of nitrogens with zero attached hydrogens (tertiary/aromatic N) is 4. The van der Waals surface area contributed by atoms with Gasteiger partial charge in [-0.1, -0.05) is 30.7 Å². The number of aryl methyl sites for hydroxylation is 2. The maximum Gasteiger partial charge on any atom is 0.256 e. The number of rotatable bonds is 8.